The summed E-state index contributed by atoms with van der Waals surface area (Å²) >= 11 is 0. The lowest BCUT2D eigenvalue weighted by Crippen LogP contribution is -2.59. The summed E-state index contributed by atoms with van der Waals surface area (Å²) in [5.74, 6) is -2.80. The van der Waals surface area contributed by atoms with Crippen LogP contribution in [0.4, 0.5) is 0 Å². The fourth-order valence-corrected chi connectivity index (χ4v) is 6.71. The highest BCUT2D eigenvalue weighted by Crippen LogP contribution is 2.53. The lowest BCUT2D eigenvalue weighted by Gasteiger charge is -2.40. The highest BCUT2D eigenvalue weighted by atomic mass is 16.6. The van der Waals surface area contributed by atoms with Crippen molar-refractivity contribution >= 4 is 17.8 Å². The van der Waals surface area contributed by atoms with E-state index in [1.54, 1.807) is 0 Å². The van der Waals surface area contributed by atoms with Crippen LogP contribution in [0, 0.1) is 11.8 Å². The number of rotatable bonds is 7. The number of nitrogens with zero attached hydrogens (tertiary/aromatic N) is 2. The Morgan fingerprint density at radius 1 is 1.13 bits per heavy atom. The zero-order valence-electron chi connectivity index (χ0n) is 22.2. The Labute approximate surface area is 224 Å². The van der Waals surface area contributed by atoms with Crippen molar-refractivity contribution in [3.63, 3.8) is 0 Å². The molecular formula is C30H38N2O6. The molecule has 0 saturated carbocycles. The maximum atomic E-state index is 14.4. The third-order valence-electron chi connectivity index (χ3n) is 8.48. The summed E-state index contributed by atoms with van der Waals surface area (Å²) in [4.78, 5) is 45.4. The Hall–Kier alpha value is -2.97. The first kappa shape index (κ1) is 26.6. The van der Waals surface area contributed by atoms with Crippen LogP contribution in [0.3, 0.4) is 0 Å². The monoisotopic (exact) mass is 522 g/mol. The average Bonchev–Trinajstić information content (AvgIpc) is 3.33. The maximum Gasteiger partial charge on any atom is 0.312 e. The lowest BCUT2D eigenvalue weighted by molar-refractivity contribution is -0.156. The number of aliphatic hydroxyl groups excluding tert-OH is 1. The van der Waals surface area contributed by atoms with Gasteiger partial charge >= 0.3 is 5.97 Å². The van der Waals surface area contributed by atoms with Gasteiger partial charge in [-0.3, -0.25) is 14.4 Å². The minimum atomic E-state index is -1.32. The molecule has 1 spiro atoms. The first-order chi connectivity index (χ1) is 18.4. The number of benzene rings is 1. The topological polar surface area (TPSA) is 96.4 Å². The van der Waals surface area contributed by atoms with Gasteiger partial charge in [0.05, 0.1) is 31.3 Å². The van der Waals surface area contributed by atoms with Gasteiger partial charge in [-0.2, -0.15) is 0 Å². The van der Waals surface area contributed by atoms with E-state index in [9.17, 15) is 19.5 Å². The van der Waals surface area contributed by atoms with E-state index in [-0.39, 0.29) is 31.1 Å². The molecule has 4 aliphatic heterocycles. The summed E-state index contributed by atoms with van der Waals surface area (Å²) in [5, 5.41) is 10.6. The normalized spacial score (nSPS) is 33.3. The number of hydrogen-bond donors (Lipinski definition) is 1. The summed E-state index contributed by atoms with van der Waals surface area (Å²) in [6.07, 6.45) is 10.5. The third-order valence-corrected chi connectivity index (χ3v) is 8.48. The average molecular weight is 523 g/mol. The van der Waals surface area contributed by atoms with Gasteiger partial charge in [-0.05, 0) is 38.2 Å². The number of carbonyl (C=O) groups is 3. The number of hydrogen-bond acceptors (Lipinski definition) is 6. The second kappa shape index (κ2) is 11.0. The highest BCUT2D eigenvalue weighted by molar-refractivity contribution is 5.99. The van der Waals surface area contributed by atoms with Crippen LogP contribution in [0.25, 0.3) is 0 Å². The number of fused-ring (bicyclic) bond motifs is 2. The molecule has 38 heavy (non-hydrogen) atoms. The number of esters is 1. The van der Waals surface area contributed by atoms with Gasteiger partial charge in [-0.1, -0.05) is 68.0 Å². The lowest BCUT2D eigenvalue weighted by atomic mass is 9.78. The number of aliphatic hydroxyl groups is 1. The Morgan fingerprint density at radius 2 is 1.92 bits per heavy atom. The van der Waals surface area contributed by atoms with Crippen molar-refractivity contribution in [1.82, 2.24) is 9.80 Å². The summed E-state index contributed by atoms with van der Waals surface area (Å²) in [7, 11) is 0. The van der Waals surface area contributed by atoms with Crippen LogP contribution in [-0.2, 0) is 30.3 Å². The van der Waals surface area contributed by atoms with Crippen LogP contribution in [0.5, 0.6) is 0 Å². The van der Waals surface area contributed by atoms with Crippen LogP contribution in [0.15, 0.2) is 54.6 Å². The molecule has 2 fully saturated rings. The minimum Gasteiger partial charge on any atom is -0.465 e. The first-order valence-electron chi connectivity index (χ1n) is 13.9. The van der Waals surface area contributed by atoms with Crippen LogP contribution >= 0.6 is 0 Å². The number of ether oxygens (including phenoxy) is 2. The van der Waals surface area contributed by atoms with Gasteiger partial charge in [0.2, 0.25) is 11.8 Å². The molecule has 1 aromatic carbocycles. The summed E-state index contributed by atoms with van der Waals surface area (Å²) < 4.78 is 12.2. The van der Waals surface area contributed by atoms with Gasteiger partial charge in [0.15, 0.2) is 0 Å². The Balaban J connectivity index is 1.61. The molecule has 8 heteroatoms. The molecule has 7 atom stereocenters. The van der Waals surface area contributed by atoms with E-state index in [2.05, 4.69) is 6.92 Å². The molecule has 0 radical (unpaired) electrons. The molecule has 2 unspecified atom stereocenters. The molecule has 1 N–H and O–H groups in total. The molecule has 0 aromatic heterocycles. The van der Waals surface area contributed by atoms with Crippen LogP contribution < -0.4 is 0 Å². The van der Waals surface area contributed by atoms with Crippen molar-refractivity contribution in [3.05, 3.63) is 60.2 Å². The number of amides is 2. The molecule has 4 heterocycles. The molecule has 2 amide bonds. The minimum absolute atomic E-state index is 0.0338. The van der Waals surface area contributed by atoms with E-state index in [0.717, 1.165) is 24.8 Å². The molecular weight excluding hydrogens is 484 g/mol. The molecule has 2 saturated heterocycles. The van der Waals surface area contributed by atoms with Gasteiger partial charge < -0.3 is 24.4 Å². The predicted octanol–water partition coefficient (Wildman–Crippen LogP) is 2.65. The first-order valence-corrected chi connectivity index (χ1v) is 13.9. The van der Waals surface area contributed by atoms with Crippen molar-refractivity contribution in [1.29, 1.82) is 0 Å². The molecule has 1 aromatic rings. The van der Waals surface area contributed by atoms with Gasteiger partial charge in [0, 0.05) is 12.6 Å². The van der Waals surface area contributed by atoms with Gasteiger partial charge in [-0.15, -0.1) is 0 Å². The van der Waals surface area contributed by atoms with E-state index in [1.807, 2.05) is 66.5 Å². The van der Waals surface area contributed by atoms with Crippen molar-refractivity contribution in [3.8, 4) is 0 Å². The van der Waals surface area contributed by atoms with E-state index in [1.165, 1.54) is 4.90 Å². The summed E-state index contributed by atoms with van der Waals surface area (Å²) in [6.45, 7) is 4.45. The molecule has 4 aliphatic rings. The molecule has 0 bridgehead atoms. The van der Waals surface area contributed by atoms with Gasteiger partial charge in [0.25, 0.3) is 0 Å². The van der Waals surface area contributed by atoms with Crippen molar-refractivity contribution in [2.24, 2.45) is 11.8 Å². The fraction of sp³-hybridized carbons (Fsp3) is 0.567. The zero-order valence-corrected chi connectivity index (χ0v) is 22.2. The molecule has 0 aliphatic carbocycles. The van der Waals surface area contributed by atoms with Gasteiger partial charge in [0.1, 0.15) is 17.6 Å². The fourth-order valence-electron chi connectivity index (χ4n) is 6.71. The number of cyclic esters (lactones) is 1. The number of allylic oxidation sites excluding steroid dienone is 1. The van der Waals surface area contributed by atoms with Crippen molar-refractivity contribution < 1.29 is 29.0 Å². The Bertz CT molecular complexity index is 1100. The van der Waals surface area contributed by atoms with E-state index >= 15 is 0 Å². The molecule has 204 valence electrons. The summed E-state index contributed by atoms with van der Waals surface area (Å²) in [6, 6.07) is 7.94. The SMILES string of the molecule is CCCC(C)N1CC=C[C@]23O[C@@H]4/C=C\CCCOC(=O)[C@@H]4[C@H]2C(=O)N([C@@H](CO)Cc2ccccc2)C3C1=O. The smallest absolute Gasteiger partial charge is 0.312 e. The Morgan fingerprint density at radius 3 is 2.66 bits per heavy atom. The predicted molar refractivity (Wildman–Crippen MR) is 141 cm³/mol. The quantitative estimate of drug-likeness (QED) is 0.437. The highest BCUT2D eigenvalue weighted by Gasteiger charge is 2.72. The number of carbonyl (C=O) groups excluding carboxylic acids is 3. The largest absolute Gasteiger partial charge is 0.465 e. The van der Waals surface area contributed by atoms with Crippen LogP contribution in [0.1, 0.15) is 45.1 Å². The van der Waals surface area contributed by atoms with Crippen molar-refractivity contribution in [2.45, 2.75) is 75.8 Å². The maximum absolute atomic E-state index is 14.4. The van der Waals surface area contributed by atoms with E-state index in [0.29, 0.717) is 19.4 Å². The molecule has 5 rings (SSSR count). The second-order valence-electron chi connectivity index (χ2n) is 10.9. The van der Waals surface area contributed by atoms with Crippen LogP contribution in [0.2, 0.25) is 0 Å². The number of likely N-dealkylation sites (tertiary alicyclic amines) is 1. The third kappa shape index (κ3) is 4.47. The Kier molecular flexibility index (Phi) is 7.73. The van der Waals surface area contributed by atoms with E-state index in [4.69, 9.17) is 9.47 Å². The second-order valence-corrected chi connectivity index (χ2v) is 10.9. The van der Waals surface area contributed by atoms with E-state index < -0.39 is 41.6 Å². The standard InChI is InChI=1S/C30H38N2O6/c1-3-11-20(2)31-16-10-15-30-25(24-23(38-30)14-8-5-9-17-37-29(24)36)27(34)32(26(30)28(31)35)22(19-33)18-21-12-6-4-7-13-21/h4,6-8,10,12-15,20,22-26,33H,3,5,9,11,16-19H2,1-2H3/b14-8-/t20?,22-,23-,24+,25+,26?,30+/m1/s1. The molecule has 8 nitrogen and oxygen atoms in total. The van der Waals surface area contributed by atoms with Crippen molar-refractivity contribution in [2.75, 3.05) is 19.8 Å². The van der Waals surface area contributed by atoms with Crippen LogP contribution in [-0.4, -0.2) is 82.3 Å². The van der Waals surface area contributed by atoms with Gasteiger partial charge in [-0.25, -0.2) is 0 Å². The zero-order chi connectivity index (χ0) is 26.9. The summed E-state index contributed by atoms with van der Waals surface area (Å²) in [5.41, 5.74) is -0.376.